The van der Waals surface area contributed by atoms with E-state index >= 15 is 0 Å². The van der Waals surface area contributed by atoms with E-state index in [9.17, 15) is 4.79 Å². The minimum atomic E-state index is -0.128. The lowest BCUT2D eigenvalue weighted by molar-refractivity contribution is -0.119. The summed E-state index contributed by atoms with van der Waals surface area (Å²) in [5.41, 5.74) is 3.71. The second-order valence-electron chi connectivity index (χ2n) is 4.07. The van der Waals surface area contributed by atoms with Crippen molar-refractivity contribution < 1.29 is 4.79 Å². The van der Waals surface area contributed by atoms with Gasteiger partial charge in [0.25, 0.3) is 0 Å². The van der Waals surface area contributed by atoms with E-state index in [0.29, 0.717) is 0 Å². The van der Waals surface area contributed by atoms with Gasteiger partial charge in [-0.3, -0.25) is 14.8 Å². The van der Waals surface area contributed by atoms with Gasteiger partial charge in [0.1, 0.15) is 5.25 Å². The summed E-state index contributed by atoms with van der Waals surface area (Å²) in [6.45, 7) is 3.77. The summed E-state index contributed by atoms with van der Waals surface area (Å²) in [5.74, 6) is 0.788. The number of carbonyl (C=O) groups is 1. The van der Waals surface area contributed by atoms with Crippen LogP contribution in [-0.2, 0) is 11.2 Å². The Labute approximate surface area is 103 Å². The Kier molecular flexibility index (Phi) is 2.48. The van der Waals surface area contributed by atoms with E-state index in [2.05, 4.69) is 21.9 Å². The fourth-order valence-electron chi connectivity index (χ4n) is 2.03. The van der Waals surface area contributed by atoms with Gasteiger partial charge in [0.15, 0.2) is 0 Å². The molecule has 2 aliphatic rings. The van der Waals surface area contributed by atoms with Crippen molar-refractivity contribution in [2.24, 2.45) is 0 Å². The first kappa shape index (κ1) is 10.5. The Morgan fingerprint density at radius 3 is 3.00 bits per heavy atom. The molecule has 1 fully saturated rings. The summed E-state index contributed by atoms with van der Waals surface area (Å²) >= 11 is 1.61. The molecule has 4 nitrogen and oxygen atoms in total. The Balaban J connectivity index is 1.84. The van der Waals surface area contributed by atoms with E-state index in [1.54, 1.807) is 24.2 Å². The van der Waals surface area contributed by atoms with Crippen LogP contribution in [-0.4, -0.2) is 26.9 Å². The molecule has 1 unspecified atom stereocenters. The van der Waals surface area contributed by atoms with Crippen molar-refractivity contribution in [3.8, 4) is 0 Å². The minimum Gasteiger partial charge on any atom is -0.328 e. The van der Waals surface area contributed by atoms with E-state index < -0.39 is 0 Å². The number of fused-ring (bicyclic) bond motifs is 1. The van der Waals surface area contributed by atoms with Crippen molar-refractivity contribution >= 4 is 23.7 Å². The molecule has 17 heavy (non-hydrogen) atoms. The molecule has 1 atom stereocenters. The third-order valence-electron chi connectivity index (χ3n) is 2.80. The fraction of sp³-hybridized carbons (Fsp3) is 0.250. The zero-order valence-electron chi connectivity index (χ0n) is 9.14. The van der Waals surface area contributed by atoms with E-state index in [1.165, 1.54) is 0 Å². The summed E-state index contributed by atoms with van der Waals surface area (Å²) in [7, 11) is 0. The number of nitrogens with zero attached hydrogens (tertiary/aromatic N) is 2. The third-order valence-corrected chi connectivity index (χ3v) is 4.16. The van der Waals surface area contributed by atoms with Gasteiger partial charge in [-0.25, -0.2) is 0 Å². The van der Waals surface area contributed by atoms with Crippen LogP contribution in [0.4, 0.5) is 0 Å². The summed E-state index contributed by atoms with van der Waals surface area (Å²) in [6, 6.07) is 0. The van der Waals surface area contributed by atoms with Crippen molar-refractivity contribution in [2.75, 3.05) is 5.75 Å². The Hall–Kier alpha value is -1.62. The van der Waals surface area contributed by atoms with Gasteiger partial charge < -0.3 is 5.32 Å². The average Bonchev–Trinajstić information content (AvgIpc) is 2.72. The molecule has 0 spiro atoms. The van der Waals surface area contributed by atoms with E-state index in [4.69, 9.17) is 0 Å². The molecular weight excluding hydrogens is 234 g/mol. The van der Waals surface area contributed by atoms with Crippen molar-refractivity contribution in [1.82, 2.24) is 15.3 Å². The smallest absolute Gasteiger partial charge is 0.241 e. The van der Waals surface area contributed by atoms with Gasteiger partial charge in [0, 0.05) is 30.3 Å². The highest BCUT2D eigenvalue weighted by molar-refractivity contribution is 8.01. The fourth-order valence-corrected chi connectivity index (χ4v) is 3.05. The summed E-state index contributed by atoms with van der Waals surface area (Å²) < 4.78 is 0. The second-order valence-corrected chi connectivity index (χ2v) is 5.16. The maximum atomic E-state index is 11.9. The molecule has 0 bridgehead atoms. The molecule has 3 rings (SSSR count). The second kappa shape index (κ2) is 4.00. The van der Waals surface area contributed by atoms with E-state index in [1.807, 2.05) is 6.08 Å². The Morgan fingerprint density at radius 2 is 2.24 bits per heavy atom. The predicted octanol–water partition coefficient (Wildman–Crippen LogP) is 1.16. The molecule has 1 amide bonds. The van der Waals surface area contributed by atoms with Crippen LogP contribution >= 0.6 is 11.8 Å². The first-order chi connectivity index (χ1) is 8.24. The Morgan fingerprint density at radius 1 is 1.41 bits per heavy atom. The number of hydrogen-bond acceptors (Lipinski definition) is 4. The van der Waals surface area contributed by atoms with Crippen LogP contribution in [0.25, 0.3) is 6.08 Å². The largest absolute Gasteiger partial charge is 0.328 e. The molecule has 2 heterocycles. The van der Waals surface area contributed by atoms with Gasteiger partial charge in [-0.15, -0.1) is 11.8 Å². The topological polar surface area (TPSA) is 54.9 Å². The molecule has 1 aliphatic carbocycles. The van der Waals surface area contributed by atoms with Crippen molar-refractivity contribution in [1.29, 1.82) is 0 Å². The normalized spacial score (nSPS) is 23.1. The Bertz CT molecular complexity index is 538. The number of carbonyl (C=O) groups excluding carboxylic acids is 1. The lowest BCUT2D eigenvalue weighted by atomic mass is 10.1. The van der Waals surface area contributed by atoms with Crippen LogP contribution in [0.2, 0.25) is 0 Å². The van der Waals surface area contributed by atoms with Crippen molar-refractivity contribution in [3.05, 3.63) is 41.6 Å². The standard InChI is InChI=1S/C12H11N3OS/c1-7-6-17-11(12(16)15-7)8-4-9-10(5-8)14-3-2-13-9/h2-4,11H,1,5-6H2,(H,15,16). The van der Waals surface area contributed by atoms with Crippen molar-refractivity contribution in [3.63, 3.8) is 0 Å². The van der Waals surface area contributed by atoms with E-state index in [-0.39, 0.29) is 11.2 Å². The van der Waals surface area contributed by atoms with E-state index in [0.717, 1.165) is 34.8 Å². The molecule has 0 aromatic carbocycles. The quantitative estimate of drug-likeness (QED) is 0.806. The molecule has 1 aromatic rings. The first-order valence-electron chi connectivity index (χ1n) is 5.34. The van der Waals surface area contributed by atoms with Crippen molar-refractivity contribution in [2.45, 2.75) is 11.7 Å². The predicted molar refractivity (Wildman–Crippen MR) is 67.2 cm³/mol. The molecule has 1 N–H and O–H groups in total. The van der Waals surface area contributed by atoms with Crippen LogP contribution in [0.1, 0.15) is 11.4 Å². The number of thioether (sulfide) groups is 1. The van der Waals surface area contributed by atoms with Gasteiger partial charge in [0.2, 0.25) is 5.91 Å². The first-order valence-corrected chi connectivity index (χ1v) is 6.39. The highest BCUT2D eigenvalue weighted by atomic mass is 32.2. The number of hydrogen-bond donors (Lipinski definition) is 1. The van der Waals surface area contributed by atoms with Gasteiger partial charge in [0.05, 0.1) is 11.4 Å². The molecule has 1 aliphatic heterocycles. The van der Waals surface area contributed by atoms with Crippen LogP contribution in [0.15, 0.2) is 30.2 Å². The molecule has 86 valence electrons. The molecule has 5 heteroatoms. The SMILES string of the molecule is C=C1CSC(C2=Cc3nccnc3C2)C(=O)N1. The van der Waals surface area contributed by atoms with Crippen LogP contribution in [0.3, 0.4) is 0 Å². The monoisotopic (exact) mass is 245 g/mol. The summed E-state index contributed by atoms with van der Waals surface area (Å²) in [6.07, 6.45) is 6.06. The lowest BCUT2D eigenvalue weighted by Gasteiger charge is -2.23. The zero-order chi connectivity index (χ0) is 11.8. The van der Waals surface area contributed by atoms with Gasteiger partial charge in [-0.2, -0.15) is 0 Å². The van der Waals surface area contributed by atoms with Gasteiger partial charge in [-0.05, 0) is 11.6 Å². The van der Waals surface area contributed by atoms with Gasteiger partial charge >= 0.3 is 0 Å². The zero-order valence-corrected chi connectivity index (χ0v) is 9.96. The third kappa shape index (κ3) is 1.86. The minimum absolute atomic E-state index is 0.0188. The maximum Gasteiger partial charge on any atom is 0.241 e. The van der Waals surface area contributed by atoms with Crippen LogP contribution in [0.5, 0.6) is 0 Å². The molecule has 1 aromatic heterocycles. The van der Waals surface area contributed by atoms with Crippen LogP contribution < -0.4 is 5.32 Å². The lowest BCUT2D eigenvalue weighted by Crippen LogP contribution is -2.38. The molecule has 0 saturated carbocycles. The van der Waals surface area contributed by atoms with Gasteiger partial charge in [-0.1, -0.05) is 6.58 Å². The summed E-state index contributed by atoms with van der Waals surface area (Å²) in [4.78, 5) is 20.4. The molecule has 1 saturated heterocycles. The van der Waals surface area contributed by atoms with Crippen LogP contribution in [0, 0.1) is 0 Å². The average molecular weight is 245 g/mol. The highest BCUT2D eigenvalue weighted by Gasteiger charge is 2.31. The number of nitrogens with one attached hydrogen (secondary N) is 1. The molecule has 0 radical (unpaired) electrons. The number of aromatic nitrogens is 2. The summed E-state index contributed by atoms with van der Waals surface area (Å²) in [5, 5.41) is 2.67. The molecular formula is C12H11N3OS. The number of amides is 1. The highest BCUT2D eigenvalue weighted by Crippen LogP contribution is 2.32. The number of rotatable bonds is 1. The maximum absolute atomic E-state index is 11.9.